The smallest absolute Gasteiger partial charge is 0.198 e. The van der Waals surface area contributed by atoms with Crippen LogP contribution in [0.3, 0.4) is 0 Å². The van der Waals surface area contributed by atoms with Crippen LogP contribution in [0.4, 0.5) is 0 Å². The van der Waals surface area contributed by atoms with Gasteiger partial charge < -0.3 is 4.74 Å². The lowest BCUT2D eigenvalue weighted by molar-refractivity contribution is 0.411. The number of hydrogen-bond donors (Lipinski definition) is 0. The summed E-state index contributed by atoms with van der Waals surface area (Å²) in [6.07, 6.45) is 0. The molecule has 0 aliphatic heterocycles. The number of aryl methyl sites for hydroxylation is 2. The molecule has 0 unspecified atom stereocenters. The lowest BCUT2D eigenvalue weighted by Crippen LogP contribution is -2.08. The number of rotatable bonds is 5. The fourth-order valence-corrected chi connectivity index (χ4v) is 3.40. The number of methoxy groups -OCH3 is 1. The zero-order valence-corrected chi connectivity index (χ0v) is 15.6. The number of benzene rings is 2. The third-order valence-electron chi connectivity index (χ3n) is 4.11. The Labute approximate surface area is 144 Å². The maximum Gasteiger partial charge on any atom is 0.198 e. The minimum Gasteiger partial charge on any atom is -0.496 e. The highest BCUT2D eigenvalue weighted by molar-refractivity contribution is 7.91. The average molecular weight is 345 g/mol. The molecule has 0 bridgehead atoms. The quantitative estimate of drug-likeness (QED) is 0.773. The zero-order chi connectivity index (χ0) is 17.9. The first-order chi connectivity index (χ1) is 11.2. The summed E-state index contributed by atoms with van der Waals surface area (Å²) in [5.41, 5.74) is 4.72. The number of nitrogens with zero attached hydrogens (tertiary/aromatic N) is 1. The molecule has 128 valence electrons. The van der Waals surface area contributed by atoms with Crippen LogP contribution >= 0.6 is 0 Å². The molecule has 0 radical (unpaired) electrons. The largest absolute Gasteiger partial charge is 0.496 e. The summed E-state index contributed by atoms with van der Waals surface area (Å²) >= 11 is 0. The molecule has 2 aromatic rings. The molecule has 0 fully saturated rings. The molecule has 0 amide bonds. The van der Waals surface area contributed by atoms with E-state index >= 15 is 0 Å². The summed E-state index contributed by atoms with van der Waals surface area (Å²) in [7, 11) is -1.81. The van der Waals surface area contributed by atoms with Crippen LogP contribution in [0.25, 0.3) is 0 Å². The van der Waals surface area contributed by atoms with Gasteiger partial charge in [-0.3, -0.25) is 4.99 Å². The van der Waals surface area contributed by atoms with Crippen molar-refractivity contribution in [1.29, 1.82) is 0 Å². The van der Waals surface area contributed by atoms with Crippen molar-refractivity contribution in [3.05, 3.63) is 58.7 Å². The van der Waals surface area contributed by atoms with Crippen molar-refractivity contribution >= 4 is 15.5 Å². The second-order valence-electron chi connectivity index (χ2n) is 5.92. The third kappa shape index (κ3) is 4.03. The van der Waals surface area contributed by atoms with Crippen LogP contribution in [0, 0.1) is 20.8 Å². The van der Waals surface area contributed by atoms with Crippen molar-refractivity contribution < 1.29 is 13.2 Å². The van der Waals surface area contributed by atoms with E-state index in [1.807, 2.05) is 39.8 Å². The summed E-state index contributed by atoms with van der Waals surface area (Å²) in [6, 6.07) is 10.7. The topological polar surface area (TPSA) is 55.7 Å². The van der Waals surface area contributed by atoms with E-state index < -0.39 is 9.84 Å². The van der Waals surface area contributed by atoms with E-state index in [2.05, 4.69) is 4.99 Å². The molecule has 0 atom stereocenters. The maximum atomic E-state index is 12.4. The Bertz CT molecular complexity index is 866. The molecule has 5 heteroatoms. The molecule has 2 aromatic carbocycles. The molecule has 0 N–H and O–H groups in total. The second-order valence-corrected chi connectivity index (χ2v) is 7.88. The minimum atomic E-state index is -3.43. The summed E-state index contributed by atoms with van der Waals surface area (Å²) < 4.78 is 30.2. The van der Waals surface area contributed by atoms with Crippen LogP contribution < -0.4 is 4.74 Å². The van der Waals surface area contributed by atoms with Gasteiger partial charge in [-0.15, -0.1) is 0 Å². The van der Waals surface area contributed by atoms with Crippen molar-refractivity contribution in [2.24, 2.45) is 4.99 Å². The molecular formula is C19H23NO3S. The third-order valence-corrected chi connectivity index (χ3v) is 5.57. The van der Waals surface area contributed by atoms with E-state index in [1.165, 1.54) is 0 Å². The lowest BCUT2D eigenvalue weighted by Gasteiger charge is -2.11. The predicted octanol–water partition coefficient (Wildman–Crippen LogP) is 3.86. The van der Waals surface area contributed by atoms with Crippen molar-refractivity contribution in [1.82, 2.24) is 0 Å². The van der Waals surface area contributed by atoms with Crippen LogP contribution in [0.15, 0.2) is 46.3 Å². The highest BCUT2D eigenvalue weighted by Gasteiger charge is 2.14. The molecule has 0 aromatic heterocycles. The molecule has 0 saturated heterocycles. The fraction of sp³-hybridized carbons (Fsp3) is 0.316. The predicted molar refractivity (Wildman–Crippen MR) is 97.9 cm³/mol. The molecule has 2 rings (SSSR count). The number of aliphatic imine (C=N–C) groups is 1. The van der Waals surface area contributed by atoms with E-state index in [4.69, 9.17) is 4.74 Å². The maximum absolute atomic E-state index is 12.4. The SMILES string of the molecule is COc1cc(C(C)=NCS(=O)(=O)c2ccc(C)cc2)cc(C)c1C. The van der Waals surface area contributed by atoms with Crippen molar-refractivity contribution in [2.45, 2.75) is 32.6 Å². The zero-order valence-electron chi connectivity index (χ0n) is 14.8. The molecular weight excluding hydrogens is 322 g/mol. The van der Waals surface area contributed by atoms with Gasteiger partial charge in [0, 0.05) is 5.71 Å². The highest BCUT2D eigenvalue weighted by atomic mass is 32.2. The van der Waals surface area contributed by atoms with E-state index in [9.17, 15) is 8.42 Å². The van der Waals surface area contributed by atoms with Gasteiger partial charge in [-0.1, -0.05) is 17.7 Å². The highest BCUT2D eigenvalue weighted by Crippen LogP contribution is 2.24. The minimum absolute atomic E-state index is 0.267. The van der Waals surface area contributed by atoms with Crippen molar-refractivity contribution in [3.8, 4) is 5.75 Å². The van der Waals surface area contributed by atoms with Gasteiger partial charge in [0.2, 0.25) is 0 Å². The van der Waals surface area contributed by atoms with Gasteiger partial charge in [0.25, 0.3) is 0 Å². The van der Waals surface area contributed by atoms with Crippen LogP contribution in [0.1, 0.15) is 29.2 Å². The lowest BCUT2D eigenvalue weighted by atomic mass is 10.0. The fourth-order valence-electron chi connectivity index (χ4n) is 2.34. The van der Waals surface area contributed by atoms with Gasteiger partial charge >= 0.3 is 0 Å². The first-order valence-corrected chi connectivity index (χ1v) is 9.36. The van der Waals surface area contributed by atoms with Crippen molar-refractivity contribution in [3.63, 3.8) is 0 Å². The normalized spacial score (nSPS) is 12.3. The Kier molecular flexibility index (Phi) is 5.44. The first kappa shape index (κ1) is 18.2. The van der Waals surface area contributed by atoms with Gasteiger partial charge in [-0.25, -0.2) is 8.42 Å². The Hall–Kier alpha value is -2.14. The number of sulfone groups is 1. The molecule has 0 aliphatic carbocycles. The molecule has 0 saturated carbocycles. The molecule has 0 spiro atoms. The van der Waals surface area contributed by atoms with Crippen LogP contribution in [0.2, 0.25) is 0 Å². The van der Waals surface area contributed by atoms with E-state index in [0.717, 1.165) is 28.0 Å². The molecule has 0 aliphatic rings. The van der Waals surface area contributed by atoms with Crippen LogP contribution in [-0.4, -0.2) is 27.1 Å². The Morgan fingerprint density at radius 1 is 1.08 bits per heavy atom. The van der Waals surface area contributed by atoms with E-state index in [-0.39, 0.29) is 5.88 Å². The first-order valence-electron chi connectivity index (χ1n) is 7.70. The number of hydrogen-bond acceptors (Lipinski definition) is 4. The van der Waals surface area contributed by atoms with Gasteiger partial charge in [0.15, 0.2) is 9.84 Å². The van der Waals surface area contributed by atoms with E-state index in [0.29, 0.717) is 10.6 Å². The van der Waals surface area contributed by atoms with E-state index in [1.54, 1.807) is 31.4 Å². The summed E-state index contributed by atoms with van der Waals surface area (Å²) in [4.78, 5) is 4.58. The second kappa shape index (κ2) is 7.18. The van der Waals surface area contributed by atoms with Crippen LogP contribution in [-0.2, 0) is 9.84 Å². The summed E-state index contributed by atoms with van der Waals surface area (Å²) in [5.74, 6) is 0.512. The monoisotopic (exact) mass is 345 g/mol. The van der Waals surface area contributed by atoms with Gasteiger partial charge in [-0.2, -0.15) is 0 Å². The molecule has 0 heterocycles. The Morgan fingerprint density at radius 3 is 2.29 bits per heavy atom. The van der Waals surface area contributed by atoms with Gasteiger partial charge in [0.1, 0.15) is 11.6 Å². The summed E-state index contributed by atoms with van der Waals surface area (Å²) in [5, 5.41) is 0. The van der Waals surface area contributed by atoms with Crippen molar-refractivity contribution in [2.75, 3.05) is 13.0 Å². The van der Waals surface area contributed by atoms with Gasteiger partial charge in [-0.05, 0) is 68.7 Å². The molecule has 4 nitrogen and oxygen atoms in total. The van der Waals surface area contributed by atoms with Gasteiger partial charge in [0.05, 0.1) is 12.0 Å². The average Bonchev–Trinajstić information content (AvgIpc) is 2.55. The van der Waals surface area contributed by atoms with Crippen LogP contribution in [0.5, 0.6) is 5.75 Å². The Morgan fingerprint density at radius 2 is 1.71 bits per heavy atom. The number of ether oxygens (including phenoxy) is 1. The Balaban J connectivity index is 2.28. The molecule has 24 heavy (non-hydrogen) atoms. The summed E-state index contributed by atoms with van der Waals surface area (Å²) in [6.45, 7) is 7.73. The standard InChI is InChI=1S/C19H23NO3S/c1-13-6-8-18(9-7-13)24(21,22)12-20-16(4)17-10-14(2)15(3)19(11-17)23-5/h6-11H,12H2,1-5H3.